The Bertz CT molecular complexity index is 366. The van der Waals surface area contributed by atoms with Crippen LogP contribution in [0.25, 0.3) is 0 Å². The number of rotatable bonds is 3. The zero-order valence-corrected chi connectivity index (χ0v) is 11.8. The number of ether oxygens (including phenoxy) is 3. The quantitative estimate of drug-likeness (QED) is 0.269. The van der Waals surface area contributed by atoms with Crippen molar-refractivity contribution in [2.45, 2.75) is 68.3 Å². The average Bonchev–Trinajstić information content (AvgIpc) is 2.50. The summed E-state index contributed by atoms with van der Waals surface area (Å²) >= 11 is 0. The average molecular weight is 326 g/mol. The second kappa shape index (κ2) is 7.01. The molecule has 2 saturated heterocycles. The van der Waals surface area contributed by atoms with E-state index in [0.29, 0.717) is 0 Å². The minimum Gasteiger partial charge on any atom is -0.394 e. The molecule has 0 aromatic carbocycles. The van der Waals surface area contributed by atoms with Gasteiger partial charge in [0.25, 0.3) is 0 Å². The molecule has 0 aliphatic carbocycles. The SMILES string of the molecule is C[C@@H]1O[C@@H](O[C@H]2[C@H](O)[C@@H](O)[C@H](O)O[C@@H]2CO)[C@@H](O)[C@H](O)[C@@H]1O. The normalized spacial score (nSPS) is 53.5. The van der Waals surface area contributed by atoms with Crippen molar-refractivity contribution in [3.63, 3.8) is 0 Å². The van der Waals surface area contributed by atoms with Crippen LogP contribution in [0.15, 0.2) is 0 Å². The van der Waals surface area contributed by atoms with Crippen LogP contribution in [0.1, 0.15) is 6.92 Å². The maximum atomic E-state index is 9.93. The topological polar surface area (TPSA) is 169 Å². The van der Waals surface area contributed by atoms with Crippen LogP contribution in [0.5, 0.6) is 0 Å². The smallest absolute Gasteiger partial charge is 0.187 e. The lowest BCUT2D eigenvalue weighted by Gasteiger charge is -2.44. The van der Waals surface area contributed by atoms with Crippen molar-refractivity contribution in [3.8, 4) is 0 Å². The third-order valence-corrected chi connectivity index (χ3v) is 3.94. The molecule has 2 aliphatic heterocycles. The maximum absolute atomic E-state index is 9.93. The molecule has 0 radical (unpaired) electrons. The fraction of sp³-hybridized carbons (Fsp3) is 1.00. The molecule has 2 rings (SSSR count). The molecule has 130 valence electrons. The molecule has 22 heavy (non-hydrogen) atoms. The first-order valence-electron chi connectivity index (χ1n) is 6.93. The lowest BCUT2D eigenvalue weighted by Crippen LogP contribution is -2.63. The third-order valence-electron chi connectivity index (χ3n) is 3.94. The Labute approximate surface area is 126 Å². The molecule has 2 fully saturated rings. The summed E-state index contributed by atoms with van der Waals surface area (Å²) in [6.45, 7) is 0.821. The van der Waals surface area contributed by atoms with Crippen LogP contribution in [0.2, 0.25) is 0 Å². The van der Waals surface area contributed by atoms with E-state index in [1.807, 2.05) is 0 Å². The second-order valence-corrected chi connectivity index (χ2v) is 5.51. The van der Waals surface area contributed by atoms with Crippen molar-refractivity contribution in [1.82, 2.24) is 0 Å². The summed E-state index contributed by atoms with van der Waals surface area (Å²) in [7, 11) is 0. The summed E-state index contributed by atoms with van der Waals surface area (Å²) < 4.78 is 15.4. The number of hydrogen-bond acceptors (Lipinski definition) is 10. The van der Waals surface area contributed by atoms with Gasteiger partial charge in [-0.1, -0.05) is 0 Å². The molecule has 2 aliphatic rings. The van der Waals surface area contributed by atoms with Crippen molar-refractivity contribution in [2.24, 2.45) is 0 Å². The molecule has 0 spiro atoms. The van der Waals surface area contributed by atoms with E-state index in [1.165, 1.54) is 6.92 Å². The molecule has 7 N–H and O–H groups in total. The molecule has 10 heteroatoms. The third kappa shape index (κ3) is 3.26. The first-order valence-corrected chi connectivity index (χ1v) is 6.93. The fourth-order valence-electron chi connectivity index (χ4n) is 2.52. The highest BCUT2D eigenvalue weighted by atomic mass is 16.7. The Morgan fingerprint density at radius 2 is 1.45 bits per heavy atom. The van der Waals surface area contributed by atoms with Gasteiger partial charge in [-0.15, -0.1) is 0 Å². The Morgan fingerprint density at radius 1 is 0.818 bits per heavy atom. The highest BCUT2D eigenvalue weighted by Crippen LogP contribution is 2.28. The van der Waals surface area contributed by atoms with Crippen molar-refractivity contribution in [3.05, 3.63) is 0 Å². The molecule has 0 saturated carbocycles. The molecule has 2 heterocycles. The Hall–Kier alpha value is -0.400. The Kier molecular flexibility index (Phi) is 5.72. The first-order chi connectivity index (χ1) is 10.3. The summed E-state index contributed by atoms with van der Waals surface area (Å²) in [5.74, 6) is 0. The van der Waals surface area contributed by atoms with Crippen LogP contribution in [-0.2, 0) is 14.2 Å². The minimum absolute atomic E-state index is 0.630. The van der Waals surface area contributed by atoms with Gasteiger partial charge in [-0.05, 0) is 6.92 Å². The van der Waals surface area contributed by atoms with E-state index < -0.39 is 68.0 Å². The molecule has 10 nitrogen and oxygen atoms in total. The highest BCUT2D eigenvalue weighted by Gasteiger charge is 2.49. The fourth-order valence-corrected chi connectivity index (χ4v) is 2.52. The largest absolute Gasteiger partial charge is 0.394 e. The molecule has 0 amide bonds. The van der Waals surface area contributed by atoms with Gasteiger partial charge in [0.15, 0.2) is 12.6 Å². The number of hydrogen-bond donors (Lipinski definition) is 7. The molecule has 0 unspecified atom stereocenters. The van der Waals surface area contributed by atoms with Gasteiger partial charge in [-0.25, -0.2) is 0 Å². The zero-order chi connectivity index (χ0) is 16.6. The summed E-state index contributed by atoms with van der Waals surface area (Å²) in [4.78, 5) is 0. The minimum atomic E-state index is -1.70. The van der Waals surface area contributed by atoms with Gasteiger partial charge in [0.05, 0.1) is 12.7 Å². The summed E-state index contributed by atoms with van der Waals surface area (Å²) in [5.41, 5.74) is 0. The number of aliphatic hydroxyl groups excluding tert-OH is 7. The van der Waals surface area contributed by atoms with Crippen LogP contribution >= 0.6 is 0 Å². The van der Waals surface area contributed by atoms with Crippen LogP contribution in [0.3, 0.4) is 0 Å². The molecule has 0 bridgehead atoms. The van der Waals surface area contributed by atoms with Crippen molar-refractivity contribution >= 4 is 0 Å². The van der Waals surface area contributed by atoms with E-state index in [1.54, 1.807) is 0 Å². The summed E-state index contributed by atoms with van der Waals surface area (Å²) in [6, 6.07) is 0. The predicted octanol–water partition coefficient (Wildman–Crippen LogP) is -4.37. The molecular formula is C12H22O10. The van der Waals surface area contributed by atoms with Crippen LogP contribution < -0.4 is 0 Å². The predicted molar refractivity (Wildman–Crippen MR) is 67.2 cm³/mol. The van der Waals surface area contributed by atoms with Gasteiger partial charge in [0.1, 0.15) is 42.7 Å². The van der Waals surface area contributed by atoms with E-state index in [4.69, 9.17) is 14.2 Å². The zero-order valence-electron chi connectivity index (χ0n) is 11.8. The molecular weight excluding hydrogens is 304 g/mol. The second-order valence-electron chi connectivity index (χ2n) is 5.51. The lowest BCUT2D eigenvalue weighted by atomic mass is 9.97. The maximum Gasteiger partial charge on any atom is 0.187 e. The Morgan fingerprint density at radius 3 is 2.05 bits per heavy atom. The molecule has 0 aromatic heterocycles. The van der Waals surface area contributed by atoms with Crippen molar-refractivity contribution in [2.75, 3.05) is 6.61 Å². The standard InChI is InChI=1S/C12H22O10/c1-3-5(14)6(15)9(18)12(20-3)22-10-4(2-13)21-11(19)8(17)7(10)16/h3-19H,2H2,1H3/t3-,4+,5+,6+,7+,8+,9-,10+,11+,12-/m0/s1. The monoisotopic (exact) mass is 326 g/mol. The van der Waals surface area contributed by atoms with Crippen molar-refractivity contribution < 1.29 is 50.0 Å². The van der Waals surface area contributed by atoms with E-state index in [2.05, 4.69) is 0 Å². The van der Waals surface area contributed by atoms with Gasteiger partial charge in [-0.3, -0.25) is 0 Å². The van der Waals surface area contributed by atoms with Gasteiger partial charge >= 0.3 is 0 Å². The summed E-state index contributed by atoms with van der Waals surface area (Å²) in [6.07, 6.45) is -14.2. The van der Waals surface area contributed by atoms with Gasteiger partial charge in [-0.2, -0.15) is 0 Å². The van der Waals surface area contributed by atoms with Gasteiger partial charge in [0, 0.05) is 0 Å². The first kappa shape index (κ1) is 17.9. The number of aliphatic hydroxyl groups is 7. The lowest BCUT2D eigenvalue weighted by molar-refractivity contribution is -0.352. The Balaban J connectivity index is 2.10. The van der Waals surface area contributed by atoms with Crippen molar-refractivity contribution in [1.29, 1.82) is 0 Å². The van der Waals surface area contributed by atoms with Gasteiger partial charge in [0.2, 0.25) is 0 Å². The highest BCUT2D eigenvalue weighted by molar-refractivity contribution is 4.93. The van der Waals surface area contributed by atoms with Gasteiger partial charge < -0.3 is 50.0 Å². The van der Waals surface area contributed by atoms with E-state index in [-0.39, 0.29) is 0 Å². The van der Waals surface area contributed by atoms with E-state index in [9.17, 15) is 35.7 Å². The summed E-state index contributed by atoms with van der Waals surface area (Å²) in [5, 5.41) is 67.3. The van der Waals surface area contributed by atoms with E-state index in [0.717, 1.165) is 0 Å². The molecule has 10 atom stereocenters. The van der Waals surface area contributed by atoms with E-state index >= 15 is 0 Å². The van der Waals surface area contributed by atoms with Crippen LogP contribution in [-0.4, -0.2) is 104 Å². The van der Waals surface area contributed by atoms with Crippen LogP contribution in [0, 0.1) is 0 Å². The van der Waals surface area contributed by atoms with Crippen LogP contribution in [0.4, 0.5) is 0 Å². The molecule has 0 aromatic rings.